The molecule has 0 saturated heterocycles. The van der Waals surface area contributed by atoms with Crippen molar-refractivity contribution in [2.45, 2.75) is 13.8 Å². The molecule has 5 heteroatoms. The van der Waals surface area contributed by atoms with Crippen molar-refractivity contribution in [2.24, 2.45) is 11.0 Å². The summed E-state index contributed by atoms with van der Waals surface area (Å²) in [6.07, 6.45) is 1.54. The second-order valence-electron chi connectivity index (χ2n) is 6.69. The zero-order chi connectivity index (χ0) is 19.2. The van der Waals surface area contributed by atoms with Crippen LogP contribution in [0.15, 0.2) is 65.8 Å². The summed E-state index contributed by atoms with van der Waals surface area (Å²) in [6, 6.07) is 18.2. The Morgan fingerprint density at radius 3 is 2.44 bits per heavy atom. The van der Waals surface area contributed by atoms with Crippen LogP contribution in [0, 0.1) is 5.92 Å². The number of benzene rings is 3. The number of ether oxygens (including phenoxy) is 1. The molecule has 0 bridgehead atoms. The molecule has 0 spiro atoms. The van der Waals surface area contributed by atoms with Gasteiger partial charge in [-0.25, -0.2) is 5.43 Å². The highest BCUT2D eigenvalue weighted by Gasteiger charge is 2.11. The van der Waals surface area contributed by atoms with Gasteiger partial charge in [0.1, 0.15) is 11.5 Å². The number of nitrogens with one attached hydrogen (secondary N) is 1. The second kappa shape index (κ2) is 8.36. The minimum atomic E-state index is -0.466. The van der Waals surface area contributed by atoms with E-state index in [4.69, 9.17) is 4.74 Å². The third-order valence-electron chi connectivity index (χ3n) is 3.95. The molecule has 0 aliphatic rings. The lowest BCUT2D eigenvalue weighted by Gasteiger charge is -2.08. The van der Waals surface area contributed by atoms with E-state index in [1.54, 1.807) is 18.3 Å². The smallest absolute Gasteiger partial charge is 0.275 e. The van der Waals surface area contributed by atoms with Crippen LogP contribution in [0.1, 0.15) is 29.8 Å². The van der Waals surface area contributed by atoms with Crippen LogP contribution < -0.4 is 10.2 Å². The van der Waals surface area contributed by atoms with E-state index >= 15 is 0 Å². The summed E-state index contributed by atoms with van der Waals surface area (Å²) >= 11 is 0. The molecule has 0 aromatic heterocycles. The lowest BCUT2D eigenvalue weighted by Crippen LogP contribution is -2.17. The van der Waals surface area contributed by atoms with Gasteiger partial charge in [-0.15, -0.1) is 0 Å². The first-order valence-corrected chi connectivity index (χ1v) is 8.81. The lowest BCUT2D eigenvalue weighted by molar-refractivity contribution is 0.0952. The molecule has 0 aliphatic heterocycles. The average Bonchev–Trinajstić information content (AvgIpc) is 2.66. The Morgan fingerprint density at radius 1 is 1.11 bits per heavy atom. The summed E-state index contributed by atoms with van der Waals surface area (Å²) in [5.74, 6) is 0.721. The molecule has 0 saturated carbocycles. The molecule has 0 unspecified atom stereocenters. The first-order valence-electron chi connectivity index (χ1n) is 8.81. The van der Waals surface area contributed by atoms with E-state index in [9.17, 15) is 9.90 Å². The number of fused-ring (bicyclic) bond motifs is 1. The molecule has 3 aromatic carbocycles. The van der Waals surface area contributed by atoms with Gasteiger partial charge in [-0.3, -0.25) is 4.79 Å². The molecule has 27 heavy (non-hydrogen) atoms. The Morgan fingerprint density at radius 2 is 1.78 bits per heavy atom. The van der Waals surface area contributed by atoms with Crippen LogP contribution in [-0.4, -0.2) is 23.8 Å². The van der Waals surface area contributed by atoms with E-state index in [1.807, 2.05) is 48.5 Å². The zero-order valence-corrected chi connectivity index (χ0v) is 15.3. The molecular formula is C22H22N2O3. The van der Waals surface area contributed by atoms with Gasteiger partial charge in [0, 0.05) is 0 Å². The van der Waals surface area contributed by atoms with Gasteiger partial charge < -0.3 is 9.84 Å². The van der Waals surface area contributed by atoms with Crippen molar-refractivity contribution < 1.29 is 14.6 Å². The fourth-order valence-electron chi connectivity index (χ4n) is 2.55. The number of rotatable bonds is 6. The van der Waals surface area contributed by atoms with Gasteiger partial charge in [-0.2, -0.15) is 5.10 Å². The minimum Gasteiger partial charge on any atom is -0.507 e. The highest BCUT2D eigenvalue weighted by molar-refractivity contribution is 6.01. The second-order valence-corrected chi connectivity index (χ2v) is 6.69. The maximum atomic E-state index is 12.3. The molecule has 1 amide bonds. The number of carbonyl (C=O) groups is 1. The van der Waals surface area contributed by atoms with E-state index in [2.05, 4.69) is 24.4 Å². The van der Waals surface area contributed by atoms with Crippen molar-refractivity contribution in [1.82, 2.24) is 5.43 Å². The molecule has 3 aromatic rings. The maximum Gasteiger partial charge on any atom is 0.275 e. The number of phenolic OH excluding ortho intramolecular Hbond substituents is 1. The summed E-state index contributed by atoms with van der Waals surface area (Å²) in [5.41, 5.74) is 3.46. The molecule has 138 valence electrons. The maximum absolute atomic E-state index is 12.3. The zero-order valence-electron chi connectivity index (χ0n) is 15.3. The molecule has 3 rings (SSSR count). The van der Waals surface area contributed by atoms with E-state index in [0.717, 1.165) is 22.1 Å². The quantitative estimate of drug-likeness (QED) is 0.506. The lowest BCUT2D eigenvalue weighted by atomic mass is 10.1. The van der Waals surface area contributed by atoms with Crippen LogP contribution in [-0.2, 0) is 0 Å². The Kier molecular flexibility index (Phi) is 5.71. The van der Waals surface area contributed by atoms with E-state index in [0.29, 0.717) is 12.5 Å². The minimum absolute atomic E-state index is 0.0759. The van der Waals surface area contributed by atoms with Gasteiger partial charge in [0.15, 0.2) is 0 Å². The predicted octanol–water partition coefficient (Wildman–Crippen LogP) is 4.34. The van der Waals surface area contributed by atoms with Crippen molar-refractivity contribution >= 4 is 22.9 Å². The van der Waals surface area contributed by atoms with Crippen molar-refractivity contribution in [3.63, 3.8) is 0 Å². The number of amides is 1. The monoisotopic (exact) mass is 362 g/mol. The molecule has 0 radical (unpaired) electrons. The van der Waals surface area contributed by atoms with Crippen LogP contribution >= 0.6 is 0 Å². The Labute approximate surface area is 158 Å². The van der Waals surface area contributed by atoms with Gasteiger partial charge in [0.25, 0.3) is 5.91 Å². The highest BCUT2D eigenvalue weighted by atomic mass is 16.5. The standard InChI is InChI=1S/C22H22N2O3/c1-15(2)14-27-19-9-7-16(8-10-19)13-23-24-22(26)20-11-17-5-3-4-6-18(17)12-21(20)25/h3-13,15,25H,14H2,1-2H3,(H,24,26)/b23-13-. The Hall–Kier alpha value is -3.34. The number of hydrogen-bond acceptors (Lipinski definition) is 4. The summed E-state index contributed by atoms with van der Waals surface area (Å²) in [5, 5.41) is 15.8. The number of aromatic hydroxyl groups is 1. The van der Waals surface area contributed by atoms with Crippen LogP contribution in [0.3, 0.4) is 0 Å². The molecule has 0 atom stereocenters. The van der Waals surface area contributed by atoms with Crippen molar-refractivity contribution in [1.29, 1.82) is 0 Å². The number of carbonyl (C=O) groups excluding carboxylic acids is 1. The first-order chi connectivity index (χ1) is 13.0. The SMILES string of the molecule is CC(C)COc1ccc(/C=N\NC(=O)c2cc3ccccc3cc2O)cc1. The summed E-state index contributed by atoms with van der Waals surface area (Å²) < 4.78 is 5.63. The third kappa shape index (κ3) is 4.85. The van der Waals surface area contributed by atoms with Crippen molar-refractivity contribution in [2.75, 3.05) is 6.61 Å². The van der Waals surface area contributed by atoms with Crippen molar-refractivity contribution in [3.8, 4) is 11.5 Å². The summed E-state index contributed by atoms with van der Waals surface area (Å²) in [7, 11) is 0. The molecule has 0 aliphatic carbocycles. The largest absolute Gasteiger partial charge is 0.507 e. The first kappa shape index (κ1) is 18.5. The van der Waals surface area contributed by atoms with Gasteiger partial charge >= 0.3 is 0 Å². The molecule has 0 fully saturated rings. The fourth-order valence-corrected chi connectivity index (χ4v) is 2.55. The van der Waals surface area contributed by atoms with E-state index < -0.39 is 5.91 Å². The number of nitrogens with zero attached hydrogens (tertiary/aromatic N) is 1. The molecular weight excluding hydrogens is 340 g/mol. The topological polar surface area (TPSA) is 70.9 Å². The normalized spacial score (nSPS) is 11.2. The predicted molar refractivity (Wildman–Crippen MR) is 107 cm³/mol. The van der Waals surface area contributed by atoms with Gasteiger partial charge in [-0.05, 0) is 58.7 Å². The third-order valence-corrected chi connectivity index (χ3v) is 3.95. The van der Waals surface area contributed by atoms with Crippen LogP contribution in [0.4, 0.5) is 0 Å². The van der Waals surface area contributed by atoms with Gasteiger partial charge in [0.2, 0.25) is 0 Å². The van der Waals surface area contributed by atoms with Crippen LogP contribution in [0.25, 0.3) is 10.8 Å². The van der Waals surface area contributed by atoms with E-state index in [-0.39, 0.29) is 11.3 Å². The van der Waals surface area contributed by atoms with Gasteiger partial charge in [-0.1, -0.05) is 38.1 Å². The van der Waals surface area contributed by atoms with Crippen molar-refractivity contribution in [3.05, 3.63) is 71.8 Å². The summed E-state index contributed by atoms with van der Waals surface area (Å²) in [6.45, 7) is 4.85. The fraction of sp³-hybridized carbons (Fsp3) is 0.182. The molecule has 0 heterocycles. The molecule has 2 N–H and O–H groups in total. The summed E-state index contributed by atoms with van der Waals surface area (Å²) in [4.78, 5) is 12.3. The van der Waals surface area contributed by atoms with E-state index in [1.165, 1.54) is 0 Å². The highest BCUT2D eigenvalue weighted by Crippen LogP contribution is 2.24. The van der Waals surface area contributed by atoms with Gasteiger partial charge in [0.05, 0.1) is 18.4 Å². The number of hydrogen-bond donors (Lipinski definition) is 2. The molecule has 5 nitrogen and oxygen atoms in total. The average molecular weight is 362 g/mol. The van der Waals surface area contributed by atoms with Crippen LogP contribution in [0.5, 0.6) is 11.5 Å². The number of hydrazone groups is 1. The Bertz CT molecular complexity index is 963. The Balaban J connectivity index is 1.64. The van der Waals surface area contributed by atoms with Crippen LogP contribution in [0.2, 0.25) is 0 Å². The number of phenols is 1.